The van der Waals surface area contributed by atoms with Crippen LogP contribution in [0.1, 0.15) is 0 Å². The van der Waals surface area contributed by atoms with E-state index in [9.17, 15) is 0 Å². The van der Waals surface area contributed by atoms with E-state index in [1.54, 1.807) is 0 Å². The van der Waals surface area contributed by atoms with Crippen LogP contribution in [-0.4, -0.2) is 23.2 Å². The number of hydrogen-bond donors (Lipinski definition) is 0. The van der Waals surface area contributed by atoms with Gasteiger partial charge in [0, 0.05) is 41.6 Å². The Morgan fingerprint density at radius 3 is 1.76 bits per heavy atom. The molecule has 0 aliphatic carbocycles. The lowest BCUT2D eigenvalue weighted by molar-refractivity contribution is 0.496. The molecule has 1 aliphatic heterocycles. The molecule has 4 aromatic rings. The SMILES string of the molecule is CN1C=CN(c2ccc(-n3c4ccccc4c4ccccc43)cc2)C1. The van der Waals surface area contributed by atoms with Gasteiger partial charge in [0.25, 0.3) is 0 Å². The molecule has 0 atom stereocenters. The van der Waals surface area contributed by atoms with Crippen LogP contribution in [0.5, 0.6) is 0 Å². The van der Waals surface area contributed by atoms with Crippen molar-refractivity contribution in [1.29, 1.82) is 0 Å². The quantitative estimate of drug-likeness (QED) is 0.516. The highest BCUT2D eigenvalue weighted by Gasteiger charge is 2.13. The van der Waals surface area contributed by atoms with Crippen LogP contribution in [0, 0.1) is 0 Å². The molecule has 3 aromatic carbocycles. The van der Waals surface area contributed by atoms with E-state index in [4.69, 9.17) is 0 Å². The van der Waals surface area contributed by atoms with E-state index in [0.29, 0.717) is 0 Å². The summed E-state index contributed by atoms with van der Waals surface area (Å²) in [5, 5.41) is 2.59. The smallest absolute Gasteiger partial charge is 0.0938 e. The first-order valence-corrected chi connectivity index (χ1v) is 8.55. The van der Waals surface area contributed by atoms with Gasteiger partial charge in [0.2, 0.25) is 0 Å². The number of benzene rings is 3. The summed E-state index contributed by atoms with van der Waals surface area (Å²) >= 11 is 0. The maximum atomic E-state index is 2.35. The Morgan fingerprint density at radius 2 is 1.20 bits per heavy atom. The summed E-state index contributed by atoms with van der Waals surface area (Å²) in [5.41, 5.74) is 4.90. The zero-order valence-corrected chi connectivity index (χ0v) is 14.1. The van der Waals surface area contributed by atoms with E-state index >= 15 is 0 Å². The van der Waals surface area contributed by atoms with Crippen molar-refractivity contribution >= 4 is 27.5 Å². The molecule has 3 heteroatoms. The lowest BCUT2D eigenvalue weighted by atomic mass is 10.2. The third-order valence-electron chi connectivity index (χ3n) is 4.90. The molecule has 0 N–H and O–H groups in total. The van der Waals surface area contributed by atoms with E-state index in [1.165, 1.54) is 33.2 Å². The second kappa shape index (κ2) is 5.42. The molecular weight excluding hydrogens is 306 g/mol. The molecule has 0 radical (unpaired) electrons. The summed E-state index contributed by atoms with van der Waals surface area (Å²) in [6, 6.07) is 26.0. The van der Waals surface area contributed by atoms with Crippen molar-refractivity contribution in [3.63, 3.8) is 0 Å². The summed E-state index contributed by atoms with van der Waals surface area (Å²) in [6.45, 7) is 0.898. The summed E-state index contributed by atoms with van der Waals surface area (Å²) in [7, 11) is 2.09. The van der Waals surface area contributed by atoms with Gasteiger partial charge in [0.05, 0.1) is 17.7 Å². The van der Waals surface area contributed by atoms with Crippen molar-refractivity contribution in [2.75, 3.05) is 18.6 Å². The van der Waals surface area contributed by atoms with Crippen LogP contribution in [-0.2, 0) is 0 Å². The second-order valence-electron chi connectivity index (χ2n) is 6.55. The molecule has 5 rings (SSSR count). The van der Waals surface area contributed by atoms with Gasteiger partial charge in [-0.2, -0.15) is 0 Å². The first-order chi connectivity index (χ1) is 12.3. The zero-order chi connectivity index (χ0) is 16.8. The molecule has 0 unspecified atom stereocenters. The average Bonchev–Trinajstić information content (AvgIpc) is 3.23. The van der Waals surface area contributed by atoms with E-state index in [0.717, 1.165) is 6.67 Å². The molecule has 0 amide bonds. The van der Waals surface area contributed by atoms with E-state index in [-0.39, 0.29) is 0 Å². The van der Waals surface area contributed by atoms with Gasteiger partial charge in [0.1, 0.15) is 0 Å². The second-order valence-corrected chi connectivity index (χ2v) is 6.55. The first-order valence-electron chi connectivity index (χ1n) is 8.55. The van der Waals surface area contributed by atoms with E-state index < -0.39 is 0 Å². The molecule has 1 aliphatic rings. The molecule has 1 aromatic heterocycles. The first kappa shape index (κ1) is 14.2. The number of anilines is 1. The summed E-state index contributed by atoms with van der Waals surface area (Å²) < 4.78 is 2.35. The van der Waals surface area contributed by atoms with Crippen molar-refractivity contribution in [2.45, 2.75) is 0 Å². The van der Waals surface area contributed by atoms with Crippen molar-refractivity contribution in [3.05, 3.63) is 85.2 Å². The topological polar surface area (TPSA) is 11.4 Å². The van der Waals surface area contributed by atoms with Crippen molar-refractivity contribution in [2.24, 2.45) is 0 Å². The van der Waals surface area contributed by atoms with Crippen molar-refractivity contribution in [1.82, 2.24) is 9.47 Å². The Kier molecular flexibility index (Phi) is 3.07. The minimum absolute atomic E-state index is 0.898. The van der Waals surface area contributed by atoms with Gasteiger partial charge < -0.3 is 14.4 Å². The zero-order valence-electron chi connectivity index (χ0n) is 14.1. The number of rotatable bonds is 2. The van der Waals surface area contributed by atoms with Crippen molar-refractivity contribution < 1.29 is 0 Å². The van der Waals surface area contributed by atoms with Gasteiger partial charge >= 0.3 is 0 Å². The van der Waals surface area contributed by atoms with Gasteiger partial charge in [-0.3, -0.25) is 0 Å². The average molecular weight is 325 g/mol. The molecule has 3 nitrogen and oxygen atoms in total. The summed E-state index contributed by atoms with van der Waals surface area (Å²) in [5.74, 6) is 0. The Bertz CT molecular complexity index is 1040. The predicted molar refractivity (Wildman–Crippen MR) is 105 cm³/mol. The fourth-order valence-corrected chi connectivity index (χ4v) is 3.69. The van der Waals surface area contributed by atoms with Crippen LogP contribution in [0.2, 0.25) is 0 Å². The molecule has 2 heterocycles. The van der Waals surface area contributed by atoms with Crippen LogP contribution >= 0.6 is 0 Å². The minimum Gasteiger partial charge on any atom is -0.361 e. The Hall–Kier alpha value is -3.20. The fourth-order valence-electron chi connectivity index (χ4n) is 3.69. The maximum Gasteiger partial charge on any atom is 0.0938 e. The highest BCUT2D eigenvalue weighted by molar-refractivity contribution is 6.09. The minimum atomic E-state index is 0.898. The molecule has 0 saturated heterocycles. The fraction of sp³-hybridized carbons (Fsp3) is 0.0909. The highest BCUT2D eigenvalue weighted by Crippen LogP contribution is 2.32. The van der Waals surface area contributed by atoms with Crippen LogP contribution in [0.3, 0.4) is 0 Å². The molecular formula is C22H19N3. The number of hydrogen-bond acceptors (Lipinski definition) is 2. The molecule has 25 heavy (non-hydrogen) atoms. The van der Waals surface area contributed by atoms with Gasteiger partial charge in [-0.25, -0.2) is 0 Å². The number of para-hydroxylation sites is 2. The lowest BCUT2D eigenvalue weighted by Crippen LogP contribution is -2.21. The van der Waals surface area contributed by atoms with Crippen LogP contribution in [0.25, 0.3) is 27.5 Å². The largest absolute Gasteiger partial charge is 0.361 e. The highest BCUT2D eigenvalue weighted by atomic mass is 15.3. The third-order valence-corrected chi connectivity index (χ3v) is 4.90. The van der Waals surface area contributed by atoms with Crippen LogP contribution < -0.4 is 4.90 Å². The summed E-state index contributed by atoms with van der Waals surface area (Å²) in [4.78, 5) is 4.41. The lowest BCUT2D eigenvalue weighted by Gasteiger charge is -2.18. The van der Waals surface area contributed by atoms with Gasteiger partial charge in [-0.1, -0.05) is 36.4 Å². The van der Waals surface area contributed by atoms with Gasteiger partial charge in [0.15, 0.2) is 0 Å². The predicted octanol–water partition coefficient (Wildman–Crippen LogP) is 4.96. The number of nitrogens with zero attached hydrogens (tertiary/aromatic N) is 3. The molecule has 0 spiro atoms. The Morgan fingerprint density at radius 1 is 0.640 bits per heavy atom. The van der Waals surface area contributed by atoms with Crippen LogP contribution in [0.4, 0.5) is 5.69 Å². The van der Waals surface area contributed by atoms with Gasteiger partial charge in [-0.15, -0.1) is 0 Å². The van der Waals surface area contributed by atoms with Crippen molar-refractivity contribution in [3.8, 4) is 5.69 Å². The van der Waals surface area contributed by atoms with Crippen LogP contribution in [0.15, 0.2) is 85.2 Å². The van der Waals surface area contributed by atoms with Gasteiger partial charge in [-0.05, 0) is 36.4 Å². The third kappa shape index (κ3) is 2.20. The molecule has 122 valence electrons. The number of aromatic nitrogens is 1. The Labute approximate surface area is 147 Å². The molecule has 0 bridgehead atoms. The standard InChI is InChI=1S/C22H19N3/c1-23-14-15-24(16-23)17-10-12-18(13-11-17)25-21-8-4-2-6-19(21)20-7-3-5-9-22(20)25/h2-15H,16H2,1H3. The molecule has 0 saturated carbocycles. The summed E-state index contributed by atoms with van der Waals surface area (Å²) in [6.07, 6.45) is 4.22. The maximum absolute atomic E-state index is 2.35. The van der Waals surface area contributed by atoms with E-state index in [1.807, 2.05) is 0 Å². The Balaban J connectivity index is 1.66. The monoisotopic (exact) mass is 325 g/mol. The normalized spacial score (nSPS) is 14.1. The molecule has 0 fully saturated rings. The van der Waals surface area contributed by atoms with E-state index in [2.05, 4.69) is 107 Å². The number of fused-ring (bicyclic) bond motifs is 3.